The number of carbonyl (C=O) groups excluding carboxylic acids is 2. The van der Waals surface area contributed by atoms with Crippen LogP contribution in [-0.4, -0.2) is 18.4 Å². The maximum Gasteiger partial charge on any atom is 0.243 e. The van der Waals surface area contributed by atoms with Gasteiger partial charge in [-0.1, -0.05) is 31.0 Å². The van der Waals surface area contributed by atoms with Crippen LogP contribution < -0.4 is 10.6 Å². The van der Waals surface area contributed by atoms with Gasteiger partial charge < -0.3 is 10.6 Å². The van der Waals surface area contributed by atoms with Crippen molar-refractivity contribution >= 4 is 17.5 Å². The summed E-state index contributed by atoms with van der Waals surface area (Å²) in [5, 5.41) is 14.7. The highest BCUT2D eigenvalue weighted by Gasteiger charge is 2.41. The third-order valence-electron chi connectivity index (χ3n) is 4.26. The van der Waals surface area contributed by atoms with Crippen LogP contribution in [0.25, 0.3) is 0 Å². The minimum Gasteiger partial charge on any atom is -0.346 e. The number of amides is 2. The number of hydrogen-bond donors (Lipinski definition) is 2. The van der Waals surface area contributed by atoms with Crippen LogP contribution in [-0.2, 0) is 9.59 Å². The molecule has 2 amide bonds. The molecule has 5 heteroatoms. The lowest BCUT2D eigenvalue weighted by atomic mass is 9.87. The van der Waals surface area contributed by atoms with Gasteiger partial charge in [0, 0.05) is 5.69 Å². The SMILES string of the molecule is Cc1cccc(C)c1NC(=O)CNC(=O)C1(C#N)CCCC1. The third kappa shape index (κ3) is 3.28. The molecule has 2 rings (SSSR count). The van der Waals surface area contributed by atoms with E-state index in [4.69, 9.17) is 0 Å². The zero-order chi connectivity index (χ0) is 16.2. The topological polar surface area (TPSA) is 82.0 Å². The Morgan fingerprint density at radius 3 is 2.36 bits per heavy atom. The second-order valence-corrected chi connectivity index (χ2v) is 5.90. The highest BCUT2D eigenvalue weighted by Crippen LogP contribution is 2.37. The number of para-hydroxylation sites is 1. The van der Waals surface area contributed by atoms with Crippen LogP contribution in [0.3, 0.4) is 0 Å². The van der Waals surface area contributed by atoms with Crippen LogP contribution in [0.2, 0.25) is 0 Å². The molecule has 1 aliphatic rings. The molecule has 0 spiro atoms. The molecule has 1 aliphatic carbocycles. The lowest BCUT2D eigenvalue weighted by molar-refractivity contribution is -0.129. The fourth-order valence-electron chi connectivity index (χ4n) is 2.89. The molecule has 1 aromatic rings. The molecule has 0 aromatic heterocycles. The van der Waals surface area contributed by atoms with Crippen LogP contribution in [0.1, 0.15) is 36.8 Å². The summed E-state index contributed by atoms with van der Waals surface area (Å²) < 4.78 is 0. The van der Waals surface area contributed by atoms with E-state index < -0.39 is 5.41 Å². The molecule has 1 aromatic carbocycles. The predicted octanol–water partition coefficient (Wildman–Crippen LogP) is 2.44. The molecule has 0 radical (unpaired) electrons. The Bertz CT molecular complexity index is 605. The molecule has 1 fully saturated rings. The van der Waals surface area contributed by atoms with Crippen molar-refractivity contribution in [2.75, 3.05) is 11.9 Å². The Morgan fingerprint density at radius 2 is 1.82 bits per heavy atom. The maximum atomic E-state index is 12.2. The van der Waals surface area contributed by atoms with Crippen molar-refractivity contribution in [3.63, 3.8) is 0 Å². The largest absolute Gasteiger partial charge is 0.346 e. The smallest absolute Gasteiger partial charge is 0.243 e. The minimum absolute atomic E-state index is 0.115. The van der Waals surface area contributed by atoms with Gasteiger partial charge in [0.05, 0.1) is 12.6 Å². The molecule has 0 unspecified atom stereocenters. The fourth-order valence-corrected chi connectivity index (χ4v) is 2.89. The summed E-state index contributed by atoms with van der Waals surface area (Å²) in [5.74, 6) is -0.610. The number of rotatable bonds is 4. The summed E-state index contributed by atoms with van der Waals surface area (Å²) in [6, 6.07) is 7.90. The van der Waals surface area contributed by atoms with Gasteiger partial charge in [-0.2, -0.15) is 5.26 Å². The van der Waals surface area contributed by atoms with E-state index in [1.165, 1.54) is 0 Å². The van der Waals surface area contributed by atoms with E-state index in [-0.39, 0.29) is 18.4 Å². The normalized spacial score (nSPS) is 15.9. The monoisotopic (exact) mass is 299 g/mol. The van der Waals surface area contributed by atoms with Crippen molar-refractivity contribution in [1.29, 1.82) is 5.26 Å². The maximum absolute atomic E-state index is 12.2. The number of benzene rings is 1. The Morgan fingerprint density at radius 1 is 1.23 bits per heavy atom. The molecule has 116 valence electrons. The van der Waals surface area contributed by atoms with E-state index >= 15 is 0 Å². The molecule has 2 N–H and O–H groups in total. The van der Waals surface area contributed by atoms with E-state index in [9.17, 15) is 14.9 Å². The van der Waals surface area contributed by atoms with Gasteiger partial charge in [-0.25, -0.2) is 0 Å². The summed E-state index contributed by atoms with van der Waals surface area (Å²) in [7, 11) is 0. The van der Waals surface area contributed by atoms with E-state index in [0.29, 0.717) is 12.8 Å². The Balaban J connectivity index is 1.93. The molecule has 0 bridgehead atoms. The molecule has 0 aliphatic heterocycles. The molecule has 0 heterocycles. The average molecular weight is 299 g/mol. The number of anilines is 1. The summed E-state index contributed by atoms with van der Waals surface area (Å²) >= 11 is 0. The molecule has 0 atom stereocenters. The van der Waals surface area contributed by atoms with E-state index in [2.05, 4.69) is 16.7 Å². The van der Waals surface area contributed by atoms with Crippen molar-refractivity contribution in [2.24, 2.45) is 5.41 Å². The highest BCUT2D eigenvalue weighted by molar-refractivity contribution is 5.97. The fraction of sp³-hybridized carbons (Fsp3) is 0.471. The number of carbonyl (C=O) groups is 2. The van der Waals surface area contributed by atoms with Crippen LogP contribution in [0.5, 0.6) is 0 Å². The third-order valence-corrected chi connectivity index (χ3v) is 4.26. The lowest BCUT2D eigenvalue weighted by Gasteiger charge is -2.19. The zero-order valence-corrected chi connectivity index (χ0v) is 13.0. The first kappa shape index (κ1) is 16.0. The summed E-state index contributed by atoms with van der Waals surface area (Å²) in [4.78, 5) is 24.2. The molecular weight excluding hydrogens is 278 g/mol. The van der Waals surface area contributed by atoms with Gasteiger partial charge in [-0.05, 0) is 37.8 Å². The molecule has 5 nitrogen and oxygen atoms in total. The van der Waals surface area contributed by atoms with Gasteiger partial charge in [0.15, 0.2) is 0 Å². The van der Waals surface area contributed by atoms with Gasteiger partial charge in [-0.3, -0.25) is 9.59 Å². The first-order valence-electron chi connectivity index (χ1n) is 7.54. The van der Waals surface area contributed by atoms with Crippen molar-refractivity contribution in [3.8, 4) is 6.07 Å². The quantitative estimate of drug-likeness (QED) is 0.896. The van der Waals surface area contributed by atoms with Crippen LogP contribution in [0.15, 0.2) is 18.2 Å². The molecular formula is C17H21N3O2. The van der Waals surface area contributed by atoms with Gasteiger partial charge >= 0.3 is 0 Å². The Labute approximate surface area is 130 Å². The van der Waals surface area contributed by atoms with Crippen molar-refractivity contribution in [3.05, 3.63) is 29.3 Å². The zero-order valence-electron chi connectivity index (χ0n) is 13.0. The Hall–Kier alpha value is -2.35. The second kappa shape index (κ2) is 6.61. The van der Waals surface area contributed by atoms with E-state index in [1.807, 2.05) is 32.0 Å². The number of hydrogen-bond acceptors (Lipinski definition) is 3. The van der Waals surface area contributed by atoms with Crippen molar-refractivity contribution < 1.29 is 9.59 Å². The molecule has 0 saturated heterocycles. The van der Waals surface area contributed by atoms with Gasteiger partial charge in [0.2, 0.25) is 11.8 Å². The summed E-state index contributed by atoms with van der Waals surface area (Å²) in [5.41, 5.74) is 1.78. The molecule has 22 heavy (non-hydrogen) atoms. The van der Waals surface area contributed by atoms with Crippen LogP contribution in [0.4, 0.5) is 5.69 Å². The van der Waals surface area contributed by atoms with E-state index in [1.54, 1.807) is 0 Å². The van der Waals surface area contributed by atoms with Crippen molar-refractivity contribution in [1.82, 2.24) is 5.32 Å². The summed E-state index contributed by atoms with van der Waals surface area (Å²) in [6.07, 6.45) is 2.92. The predicted molar refractivity (Wildman–Crippen MR) is 84.1 cm³/mol. The van der Waals surface area contributed by atoms with Gasteiger partial charge in [0.1, 0.15) is 5.41 Å². The Kier molecular flexibility index (Phi) is 4.81. The number of nitrogens with zero attached hydrogens (tertiary/aromatic N) is 1. The number of nitrogens with one attached hydrogen (secondary N) is 2. The molecule has 1 saturated carbocycles. The lowest BCUT2D eigenvalue weighted by Crippen LogP contribution is -2.42. The van der Waals surface area contributed by atoms with Crippen LogP contribution in [0, 0.1) is 30.6 Å². The highest BCUT2D eigenvalue weighted by atomic mass is 16.2. The number of aryl methyl sites for hydroxylation is 2. The summed E-state index contributed by atoms with van der Waals surface area (Å²) in [6.45, 7) is 3.73. The van der Waals surface area contributed by atoms with Crippen LogP contribution >= 0.6 is 0 Å². The first-order valence-corrected chi connectivity index (χ1v) is 7.54. The van der Waals surface area contributed by atoms with E-state index in [0.717, 1.165) is 29.7 Å². The standard InChI is InChI=1S/C17H21N3O2/c1-12-6-5-7-13(2)15(12)20-14(21)10-19-16(22)17(11-18)8-3-4-9-17/h5-7H,3-4,8-10H2,1-2H3,(H,19,22)(H,20,21). The first-order chi connectivity index (χ1) is 10.5. The average Bonchev–Trinajstić information content (AvgIpc) is 2.99. The minimum atomic E-state index is -0.946. The number of nitriles is 1. The van der Waals surface area contributed by atoms with Crippen molar-refractivity contribution in [2.45, 2.75) is 39.5 Å². The van der Waals surface area contributed by atoms with Gasteiger partial charge in [-0.15, -0.1) is 0 Å². The second-order valence-electron chi connectivity index (χ2n) is 5.90. The van der Waals surface area contributed by atoms with Gasteiger partial charge in [0.25, 0.3) is 0 Å².